The molecule has 3 aromatic carbocycles. The van der Waals surface area contributed by atoms with Gasteiger partial charge in [-0.15, -0.1) is 0 Å². The van der Waals surface area contributed by atoms with E-state index in [1.54, 1.807) is 6.92 Å². The molecule has 0 aliphatic heterocycles. The number of pyridine rings is 1. The highest BCUT2D eigenvalue weighted by Gasteiger charge is 2.25. The van der Waals surface area contributed by atoms with Gasteiger partial charge in [0.05, 0.1) is 22.9 Å². The van der Waals surface area contributed by atoms with E-state index in [9.17, 15) is 9.59 Å². The Morgan fingerprint density at radius 3 is 1.97 bits per heavy atom. The molecule has 0 atom stereocenters. The first-order chi connectivity index (χ1) is 15.6. The quantitative estimate of drug-likeness (QED) is 0.355. The Kier molecular flexibility index (Phi) is 6.57. The molecule has 4 nitrogen and oxygen atoms in total. The number of esters is 1. The molecule has 4 rings (SSSR count). The summed E-state index contributed by atoms with van der Waals surface area (Å²) in [6, 6.07) is 27.0. The summed E-state index contributed by atoms with van der Waals surface area (Å²) < 4.78 is 5.27. The predicted molar refractivity (Wildman–Crippen MR) is 129 cm³/mol. The van der Waals surface area contributed by atoms with Gasteiger partial charge in [-0.2, -0.15) is 0 Å². The highest BCUT2D eigenvalue weighted by atomic mass is 32.2. The van der Waals surface area contributed by atoms with Crippen LogP contribution >= 0.6 is 11.8 Å². The Labute approximate surface area is 191 Å². The zero-order chi connectivity index (χ0) is 22.5. The van der Waals surface area contributed by atoms with Gasteiger partial charge in [0.2, 0.25) is 5.43 Å². The molecule has 0 saturated heterocycles. The molecule has 0 aliphatic rings. The van der Waals surface area contributed by atoms with Crippen LogP contribution in [0.2, 0.25) is 0 Å². The summed E-state index contributed by atoms with van der Waals surface area (Å²) in [5.41, 5.74) is 3.56. The molecule has 0 spiro atoms. The van der Waals surface area contributed by atoms with Crippen LogP contribution in [0.15, 0.2) is 99.5 Å². The zero-order valence-electron chi connectivity index (χ0n) is 17.9. The topological polar surface area (TPSA) is 59.2 Å². The van der Waals surface area contributed by atoms with Crippen LogP contribution in [0.4, 0.5) is 0 Å². The number of aromatic nitrogens is 1. The second kappa shape index (κ2) is 9.71. The Hall–Kier alpha value is -3.57. The third-order valence-electron chi connectivity index (χ3n) is 5.01. The van der Waals surface area contributed by atoms with Crippen LogP contribution in [-0.4, -0.2) is 17.6 Å². The van der Waals surface area contributed by atoms with Crippen LogP contribution in [0.1, 0.15) is 22.8 Å². The number of ether oxygens (including phenoxy) is 1. The number of carbonyl (C=O) groups is 1. The van der Waals surface area contributed by atoms with Gasteiger partial charge in [-0.1, -0.05) is 90.1 Å². The van der Waals surface area contributed by atoms with Crippen molar-refractivity contribution in [3.8, 4) is 22.5 Å². The third kappa shape index (κ3) is 4.53. The highest BCUT2D eigenvalue weighted by molar-refractivity contribution is 7.99. The monoisotopic (exact) mass is 441 g/mol. The Morgan fingerprint density at radius 1 is 0.844 bits per heavy atom. The van der Waals surface area contributed by atoms with Crippen LogP contribution in [0, 0.1) is 6.92 Å². The lowest BCUT2D eigenvalue weighted by molar-refractivity contribution is 0.0525. The van der Waals surface area contributed by atoms with Gasteiger partial charge in [0, 0.05) is 4.90 Å². The van der Waals surface area contributed by atoms with Crippen molar-refractivity contribution < 1.29 is 9.53 Å². The lowest BCUT2D eigenvalue weighted by Crippen LogP contribution is -2.22. The number of hydrogen-bond donors (Lipinski definition) is 1. The minimum absolute atomic E-state index is 0.0207. The summed E-state index contributed by atoms with van der Waals surface area (Å²) in [5.74, 6) is -0.627. The number of H-pyrrole nitrogens is 1. The van der Waals surface area contributed by atoms with E-state index in [0.29, 0.717) is 16.3 Å². The van der Waals surface area contributed by atoms with Crippen LogP contribution in [-0.2, 0) is 4.74 Å². The van der Waals surface area contributed by atoms with Crippen LogP contribution < -0.4 is 5.43 Å². The molecule has 1 N–H and O–H groups in total. The maximum absolute atomic E-state index is 13.8. The van der Waals surface area contributed by atoms with Crippen molar-refractivity contribution in [3.63, 3.8) is 0 Å². The van der Waals surface area contributed by atoms with E-state index < -0.39 is 5.97 Å². The van der Waals surface area contributed by atoms with Crippen molar-refractivity contribution in [3.05, 3.63) is 106 Å². The molecule has 0 bridgehead atoms. The number of hydrogen-bond acceptors (Lipinski definition) is 4. The number of aromatic amines is 1. The predicted octanol–water partition coefficient (Wildman–Crippen LogP) is 6.35. The summed E-state index contributed by atoms with van der Waals surface area (Å²) in [7, 11) is 0. The molecule has 0 aliphatic carbocycles. The van der Waals surface area contributed by atoms with Crippen molar-refractivity contribution in [1.82, 2.24) is 4.98 Å². The Morgan fingerprint density at radius 2 is 1.41 bits per heavy atom. The lowest BCUT2D eigenvalue weighted by atomic mass is 10.0. The minimum atomic E-state index is -0.627. The number of aryl methyl sites for hydroxylation is 1. The van der Waals surface area contributed by atoms with Gasteiger partial charge >= 0.3 is 5.97 Å². The summed E-state index contributed by atoms with van der Waals surface area (Å²) in [6.45, 7) is 3.94. The molecule has 4 aromatic rings. The van der Waals surface area contributed by atoms with E-state index in [4.69, 9.17) is 4.74 Å². The SMILES string of the molecule is CCOC(=O)c1c(-c2ccccc2)[nH]c(-c2ccccc2)c(Sc2ccc(C)cc2)c1=O. The number of benzene rings is 3. The van der Waals surface area contributed by atoms with Gasteiger partial charge in [-0.3, -0.25) is 4.79 Å². The van der Waals surface area contributed by atoms with E-state index >= 15 is 0 Å². The molecule has 160 valence electrons. The zero-order valence-corrected chi connectivity index (χ0v) is 18.7. The summed E-state index contributed by atoms with van der Waals surface area (Å²) in [4.78, 5) is 31.5. The number of carbonyl (C=O) groups excluding carboxylic acids is 1. The van der Waals surface area contributed by atoms with Gasteiger partial charge in [-0.25, -0.2) is 4.79 Å². The molecule has 1 aromatic heterocycles. The fraction of sp³-hybridized carbons (Fsp3) is 0.111. The maximum Gasteiger partial charge on any atom is 0.344 e. The van der Waals surface area contributed by atoms with Crippen molar-refractivity contribution in [2.45, 2.75) is 23.6 Å². The lowest BCUT2D eigenvalue weighted by Gasteiger charge is -2.16. The molecule has 0 unspecified atom stereocenters. The van der Waals surface area contributed by atoms with E-state index in [1.165, 1.54) is 11.8 Å². The molecule has 0 saturated carbocycles. The molecule has 0 fully saturated rings. The van der Waals surface area contributed by atoms with E-state index in [0.717, 1.165) is 21.6 Å². The molecule has 32 heavy (non-hydrogen) atoms. The molecular formula is C27H23NO3S. The van der Waals surface area contributed by atoms with Crippen LogP contribution in [0.5, 0.6) is 0 Å². The summed E-state index contributed by atoms with van der Waals surface area (Å²) >= 11 is 1.35. The smallest absolute Gasteiger partial charge is 0.344 e. The first-order valence-corrected chi connectivity index (χ1v) is 11.2. The standard InChI is InChI=1S/C27H23NO3S/c1-3-31-27(30)22-23(19-10-6-4-7-11-19)28-24(20-12-8-5-9-13-20)26(25(22)29)32-21-16-14-18(2)15-17-21/h4-17H,3H2,1-2H3,(H,28,29). The van der Waals surface area contributed by atoms with Gasteiger partial charge in [0.1, 0.15) is 5.56 Å². The molecule has 0 radical (unpaired) electrons. The maximum atomic E-state index is 13.8. The van der Waals surface area contributed by atoms with Crippen molar-refractivity contribution in [2.75, 3.05) is 6.61 Å². The van der Waals surface area contributed by atoms with Gasteiger partial charge < -0.3 is 9.72 Å². The van der Waals surface area contributed by atoms with E-state index in [2.05, 4.69) is 4.98 Å². The van der Waals surface area contributed by atoms with Crippen molar-refractivity contribution in [2.24, 2.45) is 0 Å². The Bertz CT molecular complexity index is 1280. The van der Waals surface area contributed by atoms with E-state index in [-0.39, 0.29) is 17.6 Å². The largest absolute Gasteiger partial charge is 0.462 e. The first-order valence-electron chi connectivity index (χ1n) is 10.4. The minimum Gasteiger partial charge on any atom is -0.462 e. The van der Waals surface area contributed by atoms with Gasteiger partial charge in [0.25, 0.3) is 0 Å². The average molecular weight is 442 g/mol. The van der Waals surface area contributed by atoms with E-state index in [1.807, 2.05) is 91.9 Å². The third-order valence-corrected chi connectivity index (χ3v) is 6.11. The van der Waals surface area contributed by atoms with Crippen LogP contribution in [0.25, 0.3) is 22.5 Å². The number of rotatable bonds is 6. The first kappa shape index (κ1) is 21.7. The van der Waals surface area contributed by atoms with Gasteiger partial charge in [-0.05, 0) is 37.1 Å². The fourth-order valence-electron chi connectivity index (χ4n) is 3.43. The Balaban J connectivity index is 2.00. The fourth-order valence-corrected chi connectivity index (χ4v) is 4.41. The molecule has 0 amide bonds. The molecular weight excluding hydrogens is 418 g/mol. The normalized spacial score (nSPS) is 10.7. The van der Waals surface area contributed by atoms with Crippen molar-refractivity contribution in [1.29, 1.82) is 0 Å². The molecule has 1 heterocycles. The van der Waals surface area contributed by atoms with Crippen molar-refractivity contribution >= 4 is 17.7 Å². The summed E-state index contributed by atoms with van der Waals surface area (Å²) in [6.07, 6.45) is 0. The second-order valence-electron chi connectivity index (χ2n) is 7.28. The summed E-state index contributed by atoms with van der Waals surface area (Å²) in [5, 5.41) is 0. The number of nitrogens with one attached hydrogen (secondary N) is 1. The molecule has 5 heteroatoms. The second-order valence-corrected chi connectivity index (χ2v) is 8.36. The van der Waals surface area contributed by atoms with Crippen LogP contribution in [0.3, 0.4) is 0 Å². The van der Waals surface area contributed by atoms with Gasteiger partial charge in [0.15, 0.2) is 0 Å². The average Bonchev–Trinajstić information content (AvgIpc) is 2.82. The highest BCUT2D eigenvalue weighted by Crippen LogP contribution is 2.35.